The van der Waals surface area contributed by atoms with Crippen LogP contribution in [-0.4, -0.2) is 29.3 Å². The van der Waals surface area contributed by atoms with Gasteiger partial charge < -0.3 is 19.6 Å². The number of aliphatic hydroxyl groups excluding tert-OH is 1. The molecule has 2 N–H and O–H groups in total. The summed E-state index contributed by atoms with van der Waals surface area (Å²) in [6.07, 6.45) is 1.57. The first kappa shape index (κ1) is 12.7. The maximum Gasteiger partial charge on any atom is 0.179 e. The van der Waals surface area contributed by atoms with Gasteiger partial charge in [0.05, 0.1) is 37.7 Å². The lowest BCUT2D eigenvalue weighted by molar-refractivity contribution is 0.277. The average molecular weight is 269 g/mol. The molecule has 0 saturated heterocycles. The number of hydrogen-bond acceptors (Lipinski definition) is 4. The molecule has 0 aliphatic heterocycles. The van der Waals surface area contributed by atoms with E-state index in [-0.39, 0.29) is 6.61 Å². The third-order valence-electron chi connectivity index (χ3n) is 2.51. The maximum atomic E-state index is 8.99. The summed E-state index contributed by atoms with van der Waals surface area (Å²) in [4.78, 5) is 7.14. The predicted octanol–water partition coefficient (Wildman–Crippen LogP) is 2.24. The van der Waals surface area contributed by atoms with Crippen molar-refractivity contribution in [2.75, 3.05) is 14.2 Å². The van der Waals surface area contributed by atoms with Gasteiger partial charge in [0.2, 0.25) is 0 Å². The molecule has 6 heteroatoms. The molecule has 0 atom stereocenters. The number of imidazole rings is 1. The van der Waals surface area contributed by atoms with E-state index in [2.05, 4.69) is 9.97 Å². The lowest BCUT2D eigenvalue weighted by atomic mass is 10.2. The first-order valence-electron chi connectivity index (χ1n) is 5.26. The number of halogens is 1. The average Bonchev–Trinajstić information content (AvgIpc) is 2.86. The van der Waals surface area contributed by atoms with Gasteiger partial charge in [-0.3, -0.25) is 0 Å². The summed E-state index contributed by atoms with van der Waals surface area (Å²) in [5.41, 5.74) is 1.40. The fraction of sp³-hybridized carbons (Fsp3) is 0.250. The van der Waals surface area contributed by atoms with E-state index in [4.69, 9.17) is 26.2 Å². The Hall–Kier alpha value is -1.72. The molecule has 1 aromatic carbocycles. The van der Waals surface area contributed by atoms with Crippen molar-refractivity contribution < 1.29 is 14.6 Å². The number of aromatic amines is 1. The van der Waals surface area contributed by atoms with Crippen LogP contribution in [-0.2, 0) is 6.61 Å². The molecule has 0 amide bonds. The third-order valence-corrected chi connectivity index (χ3v) is 2.79. The molecule has 2 rings (SSSR count). The van der Waals surface area contributed by atoms with Crippen LogP contribution >= 0.6 is 11.6 Å². The van der Waals surface area contributed by atoms with E-state index in [0.717, 1.165) is 5.56 Å². The number of H-pyrrole nitrogens is 1. The number of ether oxygens (including phenoxy) is 2. The molecule has 0 aliphatic carbocycles. The summed E-state index contributed by atoms with van der Waals surface area (Å²) in [5.74, 6) is 1.63. The van der Waals surface area contributed by atoms with Crippen molar-refractivity contribution in [2.24, 2.45) is 0 Å². The largest absolute Gasteiger partial charge is 0.493 e. The molecule has 18 heavy (non-hydrogen) atoms. The molecular formula is C12H13ClN2O3. The fourth-order valence-corrected chi connectivity index (χ4v) is 1.93. The summed E-state index contributed by atoms with van der Waals surface area (Å²) in [6.45, 7) is -0.0893. The van der Waals surface area contributed by atoms with E-state index >= 15 is 0 Å². The van der Waals surface area contributed by atoms with Gasteiger partial charge in [-0.2, -0.15) is 0 Å². The molecule has 2 aromatic rings. The van der Waals surface area contributed by atoms with Crippen molar-refractivity contribution in [1.29, 1.82) is 0 Å². The van der Waals surface area contributed by atoms with E-state index < -0.39 is 0 Å². The van der Waals surface area contributed by atoms with Crippen LogP contribution in [0.3, 0.4) is 0 Å². The van der Waals surface area contributed by atoms with Gasteiger partial charge >= 0.3 is 0 Å². The van der Waals surface area contributed by atoms with Gasteiger partial charge in [0.1, 0.15) is 5.82 Å². The van der Waals surface area contributed by atoms with Crippen molar-refractivity contribution in [3.63, 3.8) is 0 Å². The first-order valence-corrected chi connectivity index (χ1v) is 5.64. The summed E-state index contributed by atoms with van der Waals surface area (Å²) >= 11 is 6.11. The molecule has 0 bridgehead atoms. The Bertz CT molecular complexity index is 554. The summed E-state index contributed by atoms with van der Waals surface area (Å²) < 4.78 is 10.4. The van der Waals surface area contributed by atoms with Gasteiger partial charge in [0.25, 0.3) is 0 Å². The fourth-order valence-electron chi connectivity index (χ4n) is 1.64. The molecule has 0 unspecified atom stereocenters. The van der Waals surface area contributed by atoms with Crippen molar-refractivity contribution in [1.82, 2.24) is 9.97 Å². The van der Waals surface area contributed by atoms with Crippen molar-refractivity contribution >= 4 is 11.6 Å². The second-order valence-electron chi connectivity index (χ2n) is 3.61. The Morgan fingerprint density at radius 1 is 1.33 bits per heavy atom. The van der Waals surface area contributed by atoms with Crippen LogP contribution in [0.25, 0.3) is 11.4 Å². The standard InChI is InChI=1S/C12H13ClN2O3/c1-17-10-4-7(3-9(13)11(10)18-2)12-14-5-8(6-16)15-12/h3-5,16H,6H2,1-2H3,(H,14,15). The zero-order chi connectivity index (χ0) is 13.1. The van der Waals surface area contributed by atoms with Crippen LogP contribution in [0.4, 0.5) is 0 Å². The second-order valence-corrected chi connectivity index (χ2v) is 4.02. The number of benzene rings is 1. The lowest BCUT2D eigenvalue weighted by Crippen LogP contribution is -1.93. The molecule has 1 aromatic heterocycles. The predicted molar refractivity (Wildman–Crippen MR) is 68.1 cm³/mol. The third kappa shape index (κ3) is 2.27. The summed E-state index contributed by atoms with van der Waals surface area (Å²) in [6, 6.07) is 3.49. The van der Waals surface area contributed by atoms with Crippen LogP contribution in [0.2, 0.25) is 5.02 Å². The molecular weight excluding hydrogens is 256 g/mol. The van der Waals surface area contributed by atoms with E-state index in [9.17, 15) is 0 Å². The molecule has 0 saturated carbocycles. The highest BCUT2D eigenvalue weighted by molar-refractivity contribution is 6.32. The Morgan fingerprint density at radius 3 is 2.67 bits per heavy atom. The van der Waals surface area contributed by atoms with Crippen LogP contribution < -0.4 is 9.47 Å². The smallest absolute Gasteiger partial charge is 0.179 e. The van der Waals surface area contributed by atoms with E-state index in [0.29, 0.717) is 28.0 Å². The highest BCUT2D eigenvalue weighted by atomic mass is 35.5. The number of aromatic nitrogens is 2. The van der Waals surface area contributed by atoms with Gasteiger partial charge in [0, 0.05) is 5.56 Å². The SMILES string of the molecule is COc1cc(-c2ncc(CO)[nH]2)cc(Cl)c1OC. The zero-order valence-electron chi connectivity index (χ0n) is 10.0. The minimum Gasteiger partial charge on any atom is -0.493 e. The highest BCUT2D eigenvalue weighted by Gasteiger charge is 2.13. The Kier molecular flexibility index (Phi) is 3.74. The minimum atomic E-state index is -0.0893. The second kappa shape index (κ2) is 5.29. The van der Waals surface area contributed by atoms with E-state index in [1.807, 2.05) is 0 Å². The number of rotatable bonds is 4. The van der Waals surface area contributed by atoms with Gasteiger partial charge in [-0.1, -0.05) is 11.6 Å². The minimum absolute atomic E-state index is 0.0893. The summed E-state index contributed by atoms with van der Waals surface area (Å²) in [7, 11) is 3.07. The van der Waals surface area contributed by atoms with Crippen molar-refractivity contribution in [2.45, 2.75) is 6.61 Å². The van der Waals surface area contributed by atoms with Gasteiger partial charge in [-0.15, -0.1) is 0 Å². The van der Waals surface area contributed by atoms with E-state index in [1.54, 1.807) is 25.4 Å². The summed E-state index contributed by atoms with van der Waals surface area (Å²) in [5, 5.41) is 9.43. The van der Waals surface area contributed by atoms with Crippen LogP contribution in [0.1, 0.15) is 5.69 Å². The van der Waals surface area contributed by atoms with Gasteiger partial charge in [0.15, 0.2) is 11.5 Å². The van der Waals surface area contributed by atoms with Crippen LogP contribution in [0.15, 0.2) is 18.3 Å². The molecule has 0 aliphatic rings. The topological polar surface area (TPSA) is 67.4 Å². The molecule has 96 valence electrons. The maximum absolute atomic E-state index is 8.99. The van der Waals surface area contributed by atoms with Crippen LogP contribution in [0, 0.1) is 0 Å². The monoisotopic (exact) mass is 268 g/mol. The van der Waals surface area contributed by atoms with Crippen molar-refractivity contribution in [3.8, 4) is 22.9 Å². The van der Waals surface area contributed by atoms with E-state index in [1.165, 1.54) is 7.11 Å². The Morgan fingerprint density at radius 2 is 2.11 bits per heavy atom. The number of nitrogens with zero attached hydrogens (tertiary/aromatic N) is 1. The van der Waals surface area contributed by atoms with Crippen LogP contribution in [0.5, 0.6) is 11.5 Å². The normalized spacial score (nSPS) is 10.4. The lowest BCUT2D eigenvalue weighted by Gasteiger charge is -2.10. The molecule has 5 nitrogen and oxygen atoms in total. The van der Waals surface area contributed by atoms with Gasteiger partial charge in [-0.25, -0.2) is 4.98 Å². The number of nitrogens with one attached hydrogen (secondary N) is 1. The highest BCUT2D eigenvalue weighted by Crippen LogP contribution is 2.38. The first-order chi connectivity index (χ1) is 8.69. The Labute approximate surface area is 109 Å². The Balaban J connectivity index is 2.48. The molecule has 0 spiro atoms. The quantitative estimate of drug-likeness (QED) is 0.892. The number of aliphatic hydroxyl groups is 1. The van der Waals surface area contributed by atoms with Gasteiger partial charge in [-0.05, 0) is 12.1 Å². The number of hydrogen-bond donors (Lipinski definition) is 2. The molecule has 0 radical (unpaired) electrons. The zero-order valence-corrected chi connectivity index (χ0v) is 10.8. The molecule has 0 fully saturated rings. The molecule has 1 heterocycles. The number of methoxy groups -OCH3 is 2. The van der Waals surface area contributed by atoms with Crippen molar-refractivity contribution in [3.05, 3.63) is 29.0 Å².